The van der Waals surface area contributed by atoms with E-state index >= 15 is 0 Å². The maximum atomic E-state index is 12.0. The van der Waals surface area contributed by atoms with Gasteiger partial charge in [0.05, 0.1) is 5.92 Å². The first-order valence-corrected chi connectivity index (χ1v) is 6.85. The highest BCUT2D eigenvalue weighted by atomic mass is 16.1. The van der Waals surface area contributed by atoms with E-state index in [0.29, 0.717) is 6.04 Å². The molecule has 0 aromatic rings. The van der Waals surface area contributed by atoms with E-state index in [9.17, 15) is 4.79 Å². The molecule has 0 heterocycles. The fourth-order valence-corrected chi connectivity index (χ4v) is 2.68. The van der Waals surface area contributed by atoms with Crippen molar-refractivity contribution < 1.29 is 4.79 Å². The van der Waals surface area contributed by atoms with E-state index < -0.39 is 0 Å². The van der Waals surface area contributed by atoms with Gasteiger partial charge in [-0.3, -0.25) is 9.69 Å². The fourth-order valence-electron chi connectivity index (χ4n) is 2.68. The SMILES string of the molecule is CC(CNC(=O)C1CCCC1N)N(C)C1CC1. The van der Waals surface area contributed by atoms with Gasteiger partial charge in [0.15, 0.2) is 0 Å². The molecular weight excluding hydrogens is 214 g/mol. The van der Waals surface area contributed by atoms with E-state index in [4.69, 9.17) is 5.73 Å². The molecule has 2 aliphatic rings. The predicted octanol–water partition coefficient (Wildman–Crippen LogP) is 0.713. The molecule has 0 saturated heterocycles. The van der Waals surface area contributed by atoms with Crippen LogP contribution in [0.3, 0.4) is 0 Å². The van der Waals surface area contributed by atoms with Crippen molar-refractivity contribution in [1.82, 2.24) is 10.2 Å². The molecule has 2 fully saturated rings. The zero-order valence-electron chi connectivity index (χ0n) is 11.0. The Labute approximate surface area is 104 Å². The molecule has 17 heavy (non-hydrogen) atoms. The van der Waals surface area contributed by atoms with Crippen LogP contribution in [0.25, 0.3) is 0 Å². The highest BCUT2D eigenvalue weighted by molar-refractivity contribution is 5.79. The van der Waals surface area contributed by atoms with Crippen molar-refractivity contribution in [3.8, 4) is 0 Å². The number of carbonyl (C=O) groups excluding carboxylic acids is 1. The second kappa shape index (κ2) is 5.36. The summed E-state index contributed by atoms with van der Waals surface area (Å²) < 4.78 is 0. The highest BCUT2D eigenvalue weighted by Crippen LogP contribution is 2.27. The smallest absolute Gasteiger partial charge is 0.224 e. The van der Waals surface area contributed by atoms with Crippen molar-refractivity contribution >= 4 is 5.91 Å². The predicted molar refractivity (Wildman–Crippen MR) is 68.6 cm³/mol. The molecule has 0 radical (unpaired) electrons. The Balaban J connectivity index is 1.71. The van der Waals surface area contributed by atoms with Crippen molar-refractivity contribution in [3.63, 3.8) is 0 Å². The van der Waals surface area contributed by atoms with Gasteiger partial charge in [0.1, 0.15) is 0 Å². The molecule has 2 rings (SSSR count). The number of rotatable bonds is 5. The Morgan fingerprint density at radius 2 is 2.12 bits per heavy atom. The fraction of sp³-hybridized carbons (Fsp3) is 0.923. The molecule has 0 aliphatic heterocycles. The first kappa shape index (κ1) is 12.8. The van der Waals surface area contributed by atoms with E-state index in [-0.39, 0.29) is 17.9 Å². The number of nitrogens with one attached hydrogen (secondary N) is 1. The molecule has 4 nitrogen and oxygen atoms in total. The van der Waals surface area contributed by atoms with E-state index in [1.54, 1.807) is 0 Å². The Bertz CT molecular complexity index is 278. The number of likely N-dealkylation sites (N-methyl/N-ethyl adjacent to an activating group) is 1. The monoisotopic (exact) mass is 239 g/mol. The van der Waals surface area contributed by atoms with Crippen molar-refractivity contribution in [2.75, 3.05) is 13.6 Å². The Morgan fingerprint density at radius 1 is 1.41 bits per heavy atom. The summed E-state index contributed by atoms with van der Waals surface area (Å²) in [6.07, 6.45) is 5.66. The molecule has 3 N–H and O–H groups in total. The van der Waals surface area contributed by atoms with Gasteiger partial charge in [0, 0.05) is 24.7 Å². The Morgan fingerprint density at radius 3 is 2.65 bits per heavy atom. The summed E-state index contributed by atoms with van der Waals surface area (Å²) in [5.74, 6) is 0.208. The molecule has 98 valence electrons. The quantitative estimate of drug-likeness (QED) is 0.743. The number of amides is 1. The third-order valence-corrected chi connectivity index (χ3v) is 4.30. The summed E-state index contributed by atoms with van der Waals surface area (Å²) in [6, 6.07) is 1.24. The van der Waals surface area contributed by atoms with Gasteiger partial charge in [-0.1, -0.05) is 6.42 Å². The molecular formula is C13H25N3O. The van der Waals surface area contributed by atoms with Crippen LogP contribution >= 0.6 is 0 Å². The van der Waals surface area contributed by atoms with Gasteiger partial charge >= 0.3 is 0 Å². The number of hydrogen-bond donors (Lipinski definition) is 2. The van der Waals surface area contributed by atoms with Crippen LogP contribution in [0.4, 0.5) is 0 Å². The number of carbonyl (C=O) groups is 1. The number of nitrogens with two attached hydrogens (primary N) is 1. The van der Waals surface area contributed by atoms with E-state index in [0.717, 1.165) is 31.8 Å². The minimum absolute atomic E-state index is 0.0495. The summed E-state index contributed by atoms with van der Waals surface area (Å²) in [5.41, 5.74) is 5.93. The zero-order chi connectivity index (χ0) is 12.4. The largest absolute Gasteiger partial charge is 0.354 e. The lowest BCUT2D eigenvalue weighted by Crippen LogP contribution is -2.45. The molecule has 3 unspecified atom stereocenters. The van der Waals surface area contributed by atoms with Gasteiger partial charge in [-0.05, 0) is 39.7 Å². The molecule has 1 amide bonds. The number of hydrogen-bond acceptors (Lipinski definition) is 3. The van der Waals surface area contributed by atoms with Gasteiger partial charge < -0.3 is 11.1 Å². The first-order valence-electron chi connectivity index (χ1n) is 6.85. The van der Waals surface area contributed by atoms with Crippen LogP contribution in [0.1, 0.15) is 39.0 Å². The van der Waals surface area contributed by atoms with Gasteiger partial charge in [0.25, 0.3) is 0 Å². The van der Waals surface area contributed by atoms with Gasteiger partial charge in [-0.15, -0.1) is 0 Å². The molecule has 0 spiro atoms. The topological polar surface area (TPSA) is 58.4 Å². The summed E-state index contributed by atoms with van der Waals surface area (Å²) in [7, 11) is 2.15. The lowest BCUT2D eigenvalue weighted by atomic mass is 10.0. The van der Waals surface area contributed by atoms with Crippen LogP contribution in [-0.2, 0) is 4.79 Å². The van der Waals surface area contributed by atoms with E-state index in [1.807, 2.05) is 0 Å². The maximum Gasteiger partial charge on any atom is 0.224 e. The van der Waals surface area contributed by atoms with Crippen molar-refractivity contribution in [2.45, 2.75) is 57.2 Å². The third kappa shape index (κ3) is 3.19. The summed E-state index contributed by atoms with van der Waals surface area (Å²) in [5, 5.41) is 3.06. The minimum Gasteiger partial charge on any atom is -0.354 e. The molecule has 0 aromatic carbocycles. The summed E-state index contributed by atoms with van der Waals surface area (Å²) in [4.78, 5) is 14.3. The molecule has 3 atom stereocenters. The van der Waals surface area contributed by atoms with Crippen LogP contribution in [0.2, 0.25) is 0 Å². The molecule has 2 aliphatic carbocycles. The van der Waals surface area contributed by atoms with Crippen LogP contribution < -0.4 is 11.1 Å². The van der Waals surface area contributed by atoms with Crippen LogP contribution in [0, 0.1) is 5.92 Å². The molecule has 0 bridgehead atoms. The van der Waals surface area contributed by atoms with Gasteiger partial charge in [-0.25, -0.2) is 0 Å². The standard InChI is InChI=1S/C13H25N3O/c1-9(16(2)10-6-7-10)8-15-13(17)11-4-3-5-12(11)14/h9-12H,3-8,14H2,1-2H3,(H,15,17). The normalized spacial score (nSPS) is 30.6. The lowest BCUT2D eigenvalue weighted by molar-refractivity contribution is -0.125. The minimum atomic E-state index is 0.0495. The lowest BCUT2D eigenvalue weighted by Gasteiger charge is -2.25. The van der Waals surface area contributed by atoms with Crippen molar-refractivity contribution in [1.29, 1.82) is 0 Å². The molecule has 0 aromatic heterocycles. The first-order chi connectivity index (χ1) is 8.09. The van der Waals surface area contributed by atoms with Gasteiger partial charge in [-0.2, -0.15) is 0 Å². The van der Waals surface area contributed by atoms with Crippen LogP contribution in [0.15, 0.2) is 0 Å². The third-order valence-electron chi connectivity index (χ3n) is 4.30. The average Bonchev–Trinajstić information content (AvgIpc) is 3.07. The molecule has 4 heteroatoms. The van der Waals surface area contributed by atoms with E-state index in [2.05, 4.69) is 24.2 Å². The second-order valence-corrected chi connectivity index (χ2v) is 5.69. The summed E-state index contributed by atoms with van der Waals surface area (Å²) in [6.45, 7) is 2.92. The Kier molecular flexibility index (Phi) is 4.05. The zero-order valence-corrected chi connectivity index (χ0v) is 11.0. The van der Waals surface area contributed by atoms with Crippen LogP contribution in [-0.4, -0.2) is 42.5 Å². The Hall–Kier alpha value is -0.610. The van der Waals surface area contributed by atoms with Gasteiger partial charge in [0.2, 0.25) is 5.91 Å². The average molecular weight is 239 g/mol. The number of nitrogens with zero attached hydrogens (tertiary/aromatic N) is 1. The maximum absolute atomic E-state index is 12.0. The summed E-state index contributed by atoms with van der Waals surface area (Å²) >= 11 is 0. The van der Waals surface area contributed by atoms with Crippen LogP contribution in [0.5, 0.6) is 0 Å². The van der Waals surface area contributed by atoms with E-state index in [1.165, 1.54) is 12.8 Å². The van der Waals surface area contributed by atoms with Crippen molar-refractivity contribution in [3.05, 3.63) is 0 Å². The molecule has 2 saturated carbocycles. The van der Waals surface area contributed by atoms with Crippen molar-refractivity contribution in [2.24, 2.45) is 11.7 Å². The second-order valence-electron chi connectivity index (χ2n) is 5.69. The highest BCUT2D eigenvalue weighted by Gasteiger charge is 2.32.